The molecule has 0 bridgehead atoms. The van der Waals surface area contributed by atoms with Crippen LogP contribution in [-0.4, -0.2) is 28.1 Å². The SMILES string of the molecule is CSCCCNc1cccc(Cl)c1-n1ccnc1. The normalized spacial score (nSPS) is 10.6. The Balaban J connectivity index is 2.17. The molecule has 0 unspecified atom stereocenters. The van der Waals surface area contributed by atoms with Gasteiger partial charge >= 0.3 is 0 Å². The average molecular weight is 282 g/mol. The summed E-state index contributed by atoms with van der Waals surface area (Å²) in [6.07, 6.45) is 8.66. The summed E-state index contributed by atoms with van der Waals surface area (Å²) in [6, 6.07) is 5.89. The van der Waals surface area contributed by atoms with Crippen LogP contribution in [0.25, 0.3) is 5.69 Å². The Labute approximate surface area is 117 Å². The lowest BCUT2D eigenvalue weighted by atomic mass is 10.2. The minimum absolute atomic E-state index is 0.725. The Kier molecular flexibility index (Phi) is 4.96. The molecule has 1 aromatic carbocycles. The number of rotatable bonds is 6. The Morgan fingerprint density at radius 1 is 1.44 bits per heavy atom. The molecule has 1 N–H and O–H groups in total. The van der Waals surface area contributed by atoms with Crippen molar-refractivity contribution < 1.29 is 0 Å². The van der Waals surface area contributed by atoms with E-state index in [0.717, 1.165) is 35.1 Å². The third-order valence-electron chi connectivity index (χ3n) is 2.59. The number of hydrogen-bond donors (Lipinski definition) is 1. The van der Waals surface area contributed by atoms with Crippen molar-refractivity contribution in [3.05, 3.63) is 41.9 Å². The highest BCUT2D eigenvalue weighted by Crippen LogP contribution is 2.28. The van der Waals surface area contributed by atoms with Crippen LogP contribution in [0.4, 0.5) is 5.69 Å². The van der Waals surface area contributed by atoms with Gasteiger partial charge in [-0.3, -0.25) is 0 Å². The molecule has 0 aliphatic rings. The summed E-state index contributed by atoms with van der Waals surface area (Å²) in [7, 11) is 0. The van der Waals surface area contributed by atoms with E-state index in [-0.39, 0.29) is 0 Å². The lowest BCUT2D eigenvalue weighted by Gasteiger charge is -2.13. The fraction of sp³-hybridized carbons (Fsp3) is 0.308. The van der Waals surface area contributed by atoms with Crippen molar-refractivity contribution in [1.29, 1.82) is 0 Å². The lowest BCUT2D eigenvalue weighted by molar-refractivity contribution is 0.981. The van der Waals surface area contributed by atoms with Gasteiger partial charge in [-0.2, -0.15) is 11.8 Å². The van der Waals surface area contributed by atoms with Gasteiger partial charge in [-0.1, -0.05) is 17.7 Å². The van der Waals surface area contributed by atoms with E-state index in [1.165, 1.54) is 0 Å². The summed E-state index contributed by atoms with van der Waals surface area (Å²) >= 11 is 8.13. The predicted octanol–water partition coefficient (Wildman–Crippen LogP) is 3.69. The molecular weight excluding hydrogens is 266 g/mol. The maximum atomic E-state index is 6.27. The van der Waals surface area contributed by atoms with Gasteiger partial charge in [-0.05, 0) is 30.6 Å². The molecule has 1 aromatic heterocycles. The minimum atomic E-state index is 0.725. The standard InChI is InChI=1S/C13H16ClN3S/c1-18-9-3-6-16-12-5-2-4-11(14)13(12)17-8-7-15-10-17/h2,4-5,7-8,10,16H,3,6,9H2,1H3. The molecule has 0 aliphatic heterocycles. The summed E-state index contributed by atoms with van der Waals surface area (Å²) in [5.74, 6) is 1.16. The Bertz CT molecular complexity index is 485. The molecule has 3 nitrogen and oxygen atoms in total. The highest BCUT2D eigenvalue weighted by atomic mass is 35.5. The average Bonchev–Trinajstić information content (AvgIpc) is 2.88. The number of halogens is 1. The van der Waals surface area contributed by atoms with Crippen LogP contribution < -0.4 is 5.32 Å². The van der Waals surface area contributed by atoms with Gasteiger partial charge in [0.05, 0.1) is 22.7 Å². The number of nitrogens with one attached hydrogen (secondary N) is 1. The predicted molar refractivity (Wildman–Crippen MR) is 80.1 cm³/mol. The third kappa shape index (κ3) is 3.21. The molecule has 0 saturated heterocycles. The molecule has 0 fully saturated rings. The Morgan fingerprint density at radius 3 is 3.06 bits per heavy atom. The van der Waals surface area contributed by atoms with Crippen molar-refractivity contribution in [2.75, 3.05) is 23.9 Å². The molecule has 1 heterocycles. The second-order valence-corrected chi connectivity index (χ2v) is 5.27. The van der Waals surface area contributed by atoms with E-state index in [1.807, 2.05) is 40.7 Å². The molecule has 0 radical (unpaired) electrons. The highest BCUT2D eigenvalue weighted by molar-refractivity contribution is 7.98. The quantitative estimate of drug-likeness (QED) is 0.819. The number of imidazole rings is 1. The van der Waals surface area contributed by atoms with Crippen LogP contribution in [0.3, 0.4) is 0 Å². The van der Waals surface area contributed by atoms with Gasteiger partial charge in [0.2, 0.25) is 0 Å². The minimum Gasteiger partial charge on any atom is -0.383 e. The second-order valence-electron chi connectivity index (χ2n) is 3.88. The summed E-state index contributed by atoms with van der Waals surface area (Å²) in [5, 5.41) is 4.16. The summed E-state index contributed by atoms with van der Waals surface area (Å²) in [6.45, 7) is 0.947. The monoisotopic (exact) mass is 281 g/mol. The number of nitrogens with zero attached hydrogens (tertiary/aromatic N) is 2. The van der Waals surface area contributed by atoms with Crippen LogP contribution in [0.1, 0.15) is 6.42 Å². The molecule has 0 spiro atoms. The van der Waals surface area contributed by atoms with Gasteiger partial charge in [0.15, 0.2) is 0 Å². The number of thioether (sulfide) groups is 1. The zero-order valence-corrected chi connectivity index (χ0v) is 11.8. The Morgan fingerprint density at radius 2 is 2.33 bits per heavy atom. The first-order chi connectivity index (χ1) is 8.83. The van der Waals surface area contributed by atoms with Crippen molar-refractivity contribution >= 4 is 29.1 Å². The van der Waals surface area contributed by atoms with Crippen LogP contribution in [-0.2, 0) is 0 Å². The molecule has 0 aliphatic carbocycles. The first kappa shape index (κ1) is 13.3. The van der Waals surface area contributed by atoms with Crippen molar-refractivity contribution in [2.45, 2.75) is 6.42 Å². The summed E-state index contributed by atoms with van der Waals surface area (Å²) in [5.41, 5.74) is 2.00. The molecule has 2 rings (SSSR count). The topological polar surface area (TPSA) is 29.9 Å². The molecule has 18 heavy (non-hydrogen) atoms. The van der Waals surface area contributed by atoms with Crippen molar-refractivity contribution in [3.63, 3.8) is 0 Å². The van der Waals surface area contributed by atoms with Gasteiger partial charge < -0.3 is 9.88 Å². The van der Waals surface area contributed by atoms with Gasteiger partial charge in [0.1, 0.15) is 0 Å². The van der Waals surface area contributed by atoms with E-state index in [9.17, 15) is 0 Å². The first-order valence-electron chi connectivity index (χ1n) is 5.82. The van der Waals surface area contributed by atoms with E-state index >= 15 is 0 Å². The number of hydrogen-bond acceptors (Lipinski definition) is 3. The Hall–Kier alpha value is -1.13. The van der Waals surface area contributed by atoms with Gasteiger partial charge in [0, 0.05) is 18.9 Å². The largest absolute Gasteiger partial charge is 0.383 e. The van der Waals surface area contributed by atoms with Crippen LogP contribution in [0.2, 0.25) is 5.02 Å². The fourth-order valence-corrected chi connectivity index (χ4v) is 2.46. The second kappa shape index (κ2) is 6.71. The van der Waals surface area contributed by atoms with E-state index in [1.54, 1.807) is 12.5 Å². The van der Waals surface area contributed by atoms with Crippen molar-refractivity contribution in [1.82, 2.24) is 9.55 Å². The molecule has 5 heteroatoms. The van der Waals surface area contributed by atoms with E-state index < -0.39 is 0 Å². The van der Waals surface area contributed by atoms with Crippen molar-refractivity contribution in [2.24, 2.45) is 0 Å². The number of aromatic nitrogens is 2. The van der Waals surface area contributed by atoms with Crippen molar-refractivity contribution in [3.8, 4) is 5.69 Å². The number of benzene rings is 1. The van der Waals surface area contributed by atoms with Crippen LogP contribution in [0.15, 0.2) is 36.9 Å². The van der Waals surface area contributed by atoms with Gasteiger partial charge in [-0.25, -0.2) is 4.98 Å². The maximum Gasteiger partial charge on any atom is 0.0992 e. The zero-order valence-electron chi connectivity index (χ0n) is 10.3. The van der Waals surface area contributed by atoms with Crippen LogP contribution in [0.5, 0.6) is 0 Å². The number of para-hydroxylation sites is 1. The molecule has 0 amide bonds. The van der Waals surface area contributed by atoms with E-state index in [2.05, 4.69) is 16.6 Å². The van der Waals surface area contributed by atoms with E-state index in [0.29, 0.717) is 0 Å². The van der Waals surface area contributed by atoms with Crippen LogP contribution >= 0.6 is 23.4 Å². The maximum absolute atomic E-state index is 6.27. The molecule has 0 saturated carbocycles. The first-order valence-corrected chi connectivity index (χ1v) is 7.60. The van der Waals surface area contributed by atoms with Gasteiger partial charge in [0.25, 0.3) is 0 Å². The highest BCUT2D eigenvalue weighted by Gasteiger charge is 2.08. The smallest absolute Gasteiger partial charge is 0.0992 e. The molecule has 96 valence electrons. The molecule has 2 aromatic rings. The summed E-state index contributed by atoms with van der Waals surface area (Å²) in [4.78, 5) is 4.06. The lowest BCUT2D eigenvalue weighted by Crippen LogP contribution is -2.06. The number of anilines is 1. The molecule has 0 atom stereocenters. The fourth-order valence-electron chi connectivity index (χ4n) is 1.75. The van der Waals surface area contributed by atoms with E-state index in [4.69, 9.17) is 11.6 Å². The van der Waals surface area contributed by atoms with Crippen LogP contribution in [0, 0.1) is 0 Å². The summed E-state index contributed by atoms with van der Waals surface area (Å²) < 4.78 is 1.93. The zero-order chi connectivity index (χ0) is 12.8. The molecular formula is C13H16ClN3S. The third-order valence-corrected chi connectivity index (χ3v) is 3.59. The van der Waals surface area contributed by atoms with Gasteiger partial charge in [-0.15, -0.1) is 0 Å².